The molecule has 0 saturated carbocycles. The van der Waals surface area contributed by atoms with Crippen LogP contribution in [0.4, 0.5) is 8.78 Å². The quantitative estimate of drug-likeness (QED) is 0.172. The molecular weight excluding hydrogens is 542 g/mol. The van der Waals surface area contributed by atoms with Gasteiger partial charge in [-0.3, -0.25) is 9.48 Å². The number of amides is 1. The van der Waals surface area contributed by atoms with Crippen LogP contribution < -0.4 is 0 Å². The third-order valence-corrected chi connectivity index (χ3v) is 9.11. The van der Waals surface area contributed by atoms with Crippen molar-refractivity contribution in [2.45, 2.75) is 57.8 Å². The molecule has 1 amide bonds. The van der Waals surface area contributed by atoms with E-state index in [0.717, 1.165) is 22.8 Å². The zero-order valence-electron chi connectivity index (χ0n) is 22.4. The third kappa shape index (κ3) is 5.75. The largest absolute Gasteiger partial charge is 0.359 e. The predicted molar refractivity (Wildman–Crippen MR) is 148 cm³/mol. The van der Waals surface area contributed by atoms with E-state index in [-0.39, 0.29) is 18.0 Å². The number of halogens is 3. The molecular formula is C27H31ClF2N6O2Si. The van der Waals surface area contributed by atoms with Gasteiger partial charge in [0.25, 0.3) is 12.3 Å². The van der Waals surface area contributed by atoms with Crippen molar-refractivity contribution in [2.24, 2.45) is 7.05 Å². The number of aryl methyl sites for hydroxylation is 1. The number of hydrogen-bond acceptors (Lipinski definition) is 5. The second-order valence-electron chi connectivity index (χ2n) is 11.1. The Kier molecular flexibility index (Phi) is 7.58. The lowest BCUT2D eigenvalue weighted by Gasteiger charge is -2.26. The average Bonchev–Trinajstić information content (AvgIpc) is 3.51. The van der Waals surface area contributed by atoms with Crippen LogP contribution >= 0.6 is 11.6 Å². The summed E-state index contributed by atoms with van der Waals surface area (Å²) in [6.07, 6.45) is -0.751. The SMILES string of the molecule is Cn1ncc(Cl)c1CC1c2cc(C(F)F)ccc2C(=O)N1Cc1ccc2c(c1)nnn2COCC[Si](C)(C)C. The summed E-state index contributed by atoms with van der Waals surface area (Å²) in [7, 11) is 0.587. The summed E-state index contributed by atoms with van der Waals surface area (Å²) >= 11 is 6.38. The Balaban J connectivity index is 1.40. The molecule has 3 heterocycles. The Morgan fingerprint density at radius 3 is 2.64 bits per heavy atom. The lowest BCUT2D eigenvalue weighted by Crippen LogP contribution is -2.29. The van der Waals surface area contributed by atoms with E-state index >= 15 is 0 Å². The molecule has 0 fully saturated rings. The molecule has 0 spiro atoms. The van der Waals surface area contributed by atoms with Crippen molar-refractivity contribution in [1.29, 1.82) is 0 Å². The topological polar surface area (TPSA) is 78.1 Å². The number of carbonyl (C=O) groups excluding carboxylic acids is 1. The second-order valence-corrected chi connectivity index (χ2v) is 17.2. The van der Waals surface area contributed by atoms with Gasteiger partial charge in [-0.15, -0.1) is 5.10 Å². The monoisotopic (exact) mass is 572 g/mol. The summed E-state index contributed by atoms with van der Waals surface area (Å²) in [5.41, 5.74) is 3.98. The number of fused-ring (bicyclic) bond motifs is 2. The van der Waals surface area contributed by atoms with Gasteiger partial charge in [0.15, 0.2) is 0 Å². The molecule has 1 aliphatic rings. The number of alkyl halides is 2. The second kappa shape index (κ2) is 10.8. The maximum absolute atomic E-state index is 13.6. The van der Waals surface area contributed by atoms with Gasteiger partial charge in [0.2, 0.25) is 0 Å². The average molecular weight is 573 g/mol. The molecule has 0 bridgehead atoms. The maximum Gasteiger partial charge on any atom is 0.263 e. The zero-order chi connectivity index (χ0) is 27.9. The van der Waals surface area contributed by atoms with Gasteiger partial charge in [-0.2, -0.15) is 5.10 Å². The molecule has 206 valence electrons. The first kappa shape index (κ1) is 27.4. The smallest absolute Gasteiger partial charge is 0.263 e. The summed E-state index contributed by atoms with van der Waals surface area (Å²) in [5, 5.41) is 13.2. The molecule has 8 nitrogen and oxygen atoms in total. The fourth-order valence-corrected chi connectivity index (χ4v) is 5.84. The number of rotatable bonds is 10. The molecule has 0 N–H and O–H groups in total. The molecule has 0 radical (unpaired) electrons. The van der Waals surface area contributed by atoms with Crippen molar-refractivity contribution in [3.63, 3.8) is 0 Å². The number of carbonyl (C=O) groups is 1. The first-order chi connectivity index (χ1) is 18.5. The number of hydrogen-bond donors (Lipinski definition) is 0. The van der Waals surface area contributed by atoms with E-state index in [4.69, 9.17) is 16.3 Å². The van der Waals surface area contributed by atoms with Crippen LogP contribution in [-0.4, -0.2) is 50.3 Å². The van der Waals surface area contributed by atoms with Crippen molar-refractivity contribution in [1.82, 2.24) is 29.7 Å². The maximum atomic E-state index is 13.6. The molecule has 2 aromatic carbocycles. The number of aromatic nitrogens is 5. The summed E-state index contributed by atoms with van der Waals surface area (Å²) in [4.78, 5) is 15.2. The van der Waals surface area contributed by atoms with Crippen molar-refractivity contribution < 1.29 is 18.3 Å². The van der Waals surface area contributed by atoms with Crippen LogP contribution in [0, 0.1) is 0 Å². The Bertz CT molecular complexity index is 1500. The van der Waals surface area contributed by atoms with Gasteiger partial charge in [0, 0.05) is 45.8 Å². The molecule has 1 unspecified atom stereocenters. The molecule has 2 aromatic heterocycles. The first-order valence-corrected chi connectivity index (χ1v) is 16.9. The van der Waals surface area contributed by atoms with Gasteiger partial charge in [-0.05, 0) is 41.4 Å². The fraction of sp³-hybridized carbons (Fsp3) is 0.407. The third-order valence-electron chi connectivity index (χ3n) is 7.09. The van der Waals surface area contributed by atoms with Crippen molar-refractivity contribution in [2.75, 3.05) is 6.61 Å². The Morgan fingerprint density at radius 2 is 1.95 bits per heavy atom. The van der Waals surface area contributed by atoms with Gasteiger partial charge in [0.05, 0.1) is 28.5 Å². The van der Waals surface area contributed by atoms with E-state index in [1.807, 2.05) is 18.2 Å². The molecule has 0 saturated heterocycles. The van der Waals surface area contributed by atoms with Crippen LogP contribution in [-0.2, 0) is 31.5 Å². The molecule has 12 heteroatoms. The van der Waals surface area contributed by atoms with Crippen LogP contribution in [0.1, 0.15) is 45.2 Å². The summed E-state index contributed by atoms with van der Waals surface area (Å²) in [6, 6.07) is 10.6. The van der Waals surface area contributed by atoms with E-state index < -0.39 is 20.5 Å². The fourth-order valence-electron chi connectivity index (χ4n) is 4.84. The van der Waals surface area contributed by atoms with Crippen LogP contribution in [0.25, 0.3) is 11.0 Å². The summed E-state index contributed by atoms with van der Waals surface area (Å²) < 4.78 is 36.3. The Hall–Kier alpha value is -3.15. The van der Waals surface area contributed by atoms with Gasteiger partial charge in [0.1, 0.15) is 12.2 Å². The number of benzene rings is 2. The van der Waals surface area contributed by atoms with Crippen molar-refractivity contribution in [3.8, 4) is 0 Å². The highest BCUT2D eigenvalue weighted by atomic mass is 35.5. The Morgan fingerprint density at radius 1 is 1.15 bits per heavy atom. The zero-order valence-corrected chi connectivity index (χ0v) is 24.1. The van der Waals surface area contributed by atoms with E-state index in [0.29, 0.717) is 41.4 Å². The normalized spacial score (nSPS) is 15.6. The van der Waals surface area contributed by atoms with Crippen molar-refractivity contribution >= 4 is 36.6 Å². The highest BCUT2D eigenvalue weighted by molar-refractivity contribution is 6.76. The lowest BCUT2D eigenvalue weighted by atomic mass is 9.98. The van der Waals surface area contributed by atoms with E-state index in [2.05, 4.69) is 35.1 Å². The molecule has 5 rings (SSSR count). The highest BCUT2D eigenvalue weighted by Crippen LogP contribution is 2.40. The van der Waals surface area contributed by atoms with Crippen LogP contribution in [0.15, 0.2) is 42.6 Å². The summed E-state index contributed by atoms with van der Waals surface area (Å²) in [5.74, 6) is -0.214. The minimum absolute atomic E-state index is 0.116. The van der Waals surface area contributed by atoms with E-state index in [1.54, 1.807) is 27.5 Å². The van der Waals surface area contributed by atoms with Gasteiger partial charge in [-0.1, -0.05) is 48.6 Å². The molecule has 39 heavy (non-hydrogen) atoms. The van der Waals surface area contributed by atoms with Gasteiger partial charge < -0.3 is 9.64 Å². The van der Waals surface area contributed by atoms with Crippen molar-refractivity contribution in [3.05, 3.63) is 75.6 Å². The number of nitrogens with zero attached hydrogens (tertiary/aromatic N) is 6. The minimum atomic E-state index is -2.63. The Labute approximate surface area is 231 Å². The molecule has 1 aliphatic heterocycles. The standard InChI is InChI=1S/C27H31ClF2N6O2Si/c1-34-25(21(28)14-31-34)13-24-20-12-18(26(29)30)6-7-19(20)27(37)35(24)15-17-5-8-23-22(11-17)32-33-36(23)16-38-9-10-39(2,3)4/h5-8,11-12,14,24,26H,9-10,13,15-16H2,1-4H3. The molecule has 4 aromatic rings. The molecule has 0 aliphatic carbocycles. The van der Waals surface area contributed by atoms with E-state index in [1.165, 1.54) is 18.2 Å². The van der Waals surface area contributed by atoms with E-state index in [9.17, 15) is 13.6 Å². The van der Waals surface area contributed by atoms with Gasteiger partial charge in [-0.25, -0.2) is 13.5 Å². The van der Waals surface area contributed by atoms with Crippen LogP contribution in [0.5, 0.6) is 0 Å². The number of ether oxygens (including phenoxy) is 1. The lowest BCUT2D eigenvalue weighted by molar-refractivity contribution is 0.0708. The first-order valence-electron chi connectivity index (χ1n) is 12.8. The predicted octanol–water partition coefficient (Wildman–Crippen LogP) is 6.01. The minimum Gasteiger partial charge on any atom is -0.359 e. The highest BCUT2D eigenvalue weighted by Gasteiger charge is 2.38. The molecule has 1 atom stereocenters. The summed E-state index contributed by atoms with van der Waals surface area (Å²) in [6.45, 7) is 8.19. The van der Waals surface area contributed by atoms with Gasteiger partial charge >= 0.3 is 0 Å². The van der Waals surface area contributed by atoms with Crippen LogP contribution in [0.3, 0.4) is 0 Å². The van der Waals surface area contributed by atoms with Crippen LogP contribution in [0.2, 0.25) is 30.7 Å².